The molecule has 0 unspecified atom stereocenters. The molecule has 0 bridgehead atoms. The number of halogens is 1. The average molecular weight is 353 g/mol. The summed E-state index contributed by atoms with van der Waals surface area (Å²) in [5, 5.41) is 0.753. The van der Waals surface area contributed by atoms with Gasteiger partial charge in [0.05, 0.1) is 30.3 Å². The van der Waals surface area contributed by atoms with Crippen LogP contribution in [0.5, 0.6) is 5.75 Å². The quantitative estimate of drug-likeness (QED) is 0.674. The molecule has 0 atom stereocenters. The van der Waals surface area contributed by atoms with Crippen LogP contribution in [0.3, 0.4) is 0 Å². The van der Waals surface area contributed by atoms with E-state index in [0.29, 0.717) is 29.5 Å². The molecule has 0 fully saturated rings. The Morgan fingerprint density at radius 2 is 2.14 bits per heavy atom. The van der Waals surface area contributed by atoms with Crippen molar-refractivity contribution < 1.29 is 14.3 Å². The maximum Gasteiger partial charge on any atom is 0.356 e. The van der Waals surface area contributed by atoms with Crippen LogP contribution in [0.1, 0.15) is 24.3 Å². The van der Waals surface area contributed by atoms with Crippen molar-refractivity contribution in [2.45, 2.75) is 13.8 Å². The van der Waals surface area contributed by atoms with Crippen molar-refractivity contribution in [3.63, 3.8) is 0 Å². The molecule has 2 rings (SSSR count). The molecule has 1 heterocycles. The zero-order chi connectivity index (χ0) is 15.6. The summed E-state index contributed by atoms with van der Waals surface area (Å²) in [5.41, 5.74) is 7.14. The lowest BCUT2D eigenvalue weighted by Crippen LogP contribution is -2.09. The number of fused-ring (bicyclic) bond motifs is 1. The van der Waals surface area contributed by atoms with Gasteiger partial charge in [0.2, 0.25) is 0 Å². The smallest absolute Gasteiger partial charge is 0.356 e. The zero-order valence-electron chi connectivity index (χ0n) is 12.1. The molecule has 0 saturated carbocycles. The molecular formula is C15H17BrN2O3. The molecule has 6 heteroatoms. The van der Waals surface area contributed by atoms with E-state index in [-0.39, 0.29) is 5.69 Å². The van der Waals surface area contributed by atoms with Gasteiger partial charge in [0.1, 0.15) is 5.75 Å². The standard InChI is InChI=1S/C15H17BrN2O3/c1-8(2)7-21-12-6-11(15(19)20-3)18-14-10(17)5-4-9(16)13(12)14/h4-6,8H,7,17H2,1-3H3. The van der Waals surface area contributed by atoms with Gasteiger partial charge in [-0.3, -0.25) is 0 Å². The van der Waals surface area contributed by atoms with Crippen LogP contribution in [-0.4, -0.2) is 24.7 Å². The van der Waals surface area contributed by atoms with Crippen LogP contribution in [0.25, 0.3) is 10.9 Å². The highest BCUT2D eigenvalue weighted by molar-refractivity contribution is 9.10. The first kappa shape index (κ1) is 15.6. The van der Waals surface area contributed by atoms with Crippen molar-refractivity contribution in [1.82, 2.24) is 4.98 Å². The molecule has 1 aromatic carbocycles. The Kier molecular flexibility index (Phi) is 4.67. The molecule has 5 nitrogen and oxygen atoms in total. The van der Waals surface area contributed by atoms with E-state index in [9.17, 15) is 4.79 Å². The zero-order valence-corrected chi connectivity index (χ0v) is 13.7. The largest absolute Gasteiger partial charge is 0.492 e. The van der Waals surface area contributed by atoms with Gasteiger partial charge in [-0.05, 0) is 34.0 Å². The van der Waals surface area contributed by atoms with Crippen LogP contribution in [-0.2, 0) is 4.74 Å². The Balaban J connectivity index is 2.66. The topological polar surface area (TPSA) is 74.4 Å². The number of hydrogen-bond acceptors (Lipinski definition) is 5. The molecule has 0 saturated heterocycles. The number of aromatic nitrogens is 1. The fourth-order valence-electron chi connectivity index (χ4n) is 1.87. The molecule has 0 aliphatic carbocycles. The predicted octanol–water partition coefficient (Wildman–Crippen LogP) is 3.40. The van der Waals surface area contributed by atoms with Gasteiger partial charge in [0.25, 0.3) is 0 Å². The number of nitrogens with zero attached hydrogens (tertiary/aromatic N) is 1. The number of nitrogens with two attached hydrogens (primary N) is 1. The molecule has 0 aliphatic heterocycles. The molecule has 21 heavy (non-hydrogen) atoms. The first-order valence-electron chi connectivity index (χ1n) is 6.54. The first-order chi connectivity index (χ1) is 9.93. The van der Waals surface area contributed by atoms with Gasteiger partial charge >= 0.3 is 5.97 Å². The molecule has 0 spiro atoms. The second-order valence-electron chi connectivity index (χ2n) is 5.06. The Morgan fingerprint density at radius 1 is 1.43 bits per heavy atom. The summed E-state index contributed by atoms with van der Waals surface area (Å²) in [5.74, 6) is 0.397. The SMILES string of the molecule is COC(=O)c1cc(OCC(C)C)c2c(Br)ccc(N)c2n1. The number of ether oxygens (including phenoxy) is 2. The van der Waals surface area contributed by atoms with Crippen LogP contribution in [0.2, 0.25) is 0 Å². The Morgan fingerprint density at radius 3 is 2.76 bits per heavy atom. The van der Waals surface area contributed by atoms with E-state index in [4.69, 9.17) is 15.2 Å². The minimum Gasteiger partial charge on any atom is -0.492 e. The second kappa shape index (κ2) is 6.30. The summed E-state index contributed by atoms with van der Waals surface area (Å²) in [6.45, 7) is 4.63. The van der Waals surface area contributed by atoms with Crippen LogP contribution >= 0.6 is 15.9 Å². The van der Waals surface area contributed by atoms with Crippen molar-refractivity contribution in [1.29, 1.82) is 0 Å². The highest BCUT2D eigenvalue weighted by atomic mass is 79.9. The fraction of sp³-hybridized carbons (Fsp3) is 0.333. The van der Waals surface area contributed by atoms with Gasteiger partial charge in [-0.2, -0.15) is 0 Å². The molecular weight excluding hydrogens is 336 g/mol. The number of pyridine rings is 1. The average Bonchev–Trinajstić information content (AvgIpc) is 2.47. The molecule has 1 aromatic heterocycles. The molecule has 2 N–H and O–H groups in total. The van der Waals surface area contributed by atoms with E-state index in [0.717, 1.165) is 9.86 Å². The van der Waals surface area contributed by atoms with Crippen LogP contribution in [0.15, 0.2) is 22.7 Å². The Hall–Kier alpha value is -1.82. The molecule has 112 valence electrons. The molecule has 0 aliphatic rings. The van der Waals surface area contributed by atoms with Crippen molar-refractivity contribution in [3.05, 3.63) is 28.4 Å². The van der Waals surface area contributed by atoms with E-state index in [2.05, 4.69) is 20.9 Å². The van der Waals surface area contributed by atoms with Crippen LogP contribution < -0.4 is 10.5 Å². The third kappa shape index (κ3) is 3.26. The van der Waals surface area contributed by atoms with E-state index in [1.54, 1.807) is 12.1 Å². The summed E-state index contributed by atoms with van der Waals surface area (Å²) in [4.78, 5) is 16.0. The van der Waals surface area contributed by atoms with E-state index < -0.39 is 5.97 Å². The highest BCUT2D eigenvalue weighted by Crippen LogP contribution is 2.35. The summed E-state index contributed by atoms with van der Waals surface area (Å²) >= 11 is 3.48. The van der Waals surface area contributed by atoms with Crippen molar-refractivity contribution in [2.24, 2.45) is 5.92 Å². The summed E-state index contributed by atoms with van der Waals surface area (Å²) in [6.07, 6.45) is 0. The maximum atomic E-state index is 11.8. The Bertz CT molecular complexity index is 686. The minimum absolute atomic E-state index is 0.175. The van der Waals surface area contributed by atoms with Crippen molar-refractivity contribution in [2.75, 3.05) is 19.5 Å². The van der Waals surface area contributed by atoms with Gasteiger partial charge in [0.15, 0.2) is 5.69 Å². The van der Waals surface area contributed by atoms with E-state index >= 15 is 0 Å². The first-order valence-corrected chi connectivity index (χ1v) is 7.33. The van der Waals surface area contributed by atoms with E-state index in [1.807, 2.05) is 19.9 Å². The monoisotopic (exact) mass is 352 g/mol. The van der Waals surface area contributed by atoms with Crippen LogP contribution in [0.4, 0.5) is 5.69 Å². The molecule has 0 amide bonds. The van der Waals surface area contributed by atoms with Gasteiger partial charge < -0.3 is 15.2 Å². The number of benzene rings is 1. The highest BCUT2D eigenvalue weighted by Gasteiger charge is 2.17. The number of methoxy groups -OCH3 is 1. The molecule has 0 radical (unpaired) electrons. The number of nitrogen functional groups attached to an aromatic ring is 1. The lowest BCUT2D eigenvalue weighted by Gasteiger charge is -2.14. The number of hydrogen-bond donors (Lipinski definition) is 1. The van der Waals surface area contributed by atoms with Crippen molar-refractivity contribution in [3.8, 4) is 5.75 Å². The number of carbonyl (C=O) groups is 1. The number of esters is 1. The fourth-order valence-corrected chi connectivity index (χ4v) is 2.38. The summed E-state index contributed by atoms with van der Waals surface area (Å²) in [7, 11) is 1.31. The third-order valence-corrected chi connectivity index (χ3v) is 3.53. The Labute approximate surface area is 131 Å². The number of rotatable bonds is 4. The maximum absolute atomic E-state index is 11.8. The summed E-state index contributed by atoms with van der Waals surface area (Å²) < 4.78 is 11.4. The summed E-state index contributed by atoms with van der Waals surface area (Å²) in [6, 6.07) is 5.15. The van der Waals surface area contributed by atoms with Crippen molar-refractivity contribution >= 4 is 38.5 Å². The van der Waals surface area contributed by atoms with Crippen LogP contribution in [0, 0.1) is 5.92 Å². The lowest BCUT2D eigenvalue weighted by molar-refractivity contribution is 0.0594. The van der Waals surface area contributed by atoms with E-state index in [1.165, 1.54) is 7.11 Å². The van der Waals surface area contributed by atoms with Gasteiger partial charge in [-0.1, -0.05) is 13.8 Å². The predicted molar refractivity (Wildman–Crippen MR) is 85.5 cm³/mol. The van der Waals surface area contributed by atoms with Gasteiger partial charge in [-0.25, -0.2) is 9.78 Å². The number of carbonyl (C=O) groups excluding carboxylic acids is 1. The third-order valence-electron chi connectivity index (χ3n) is 2.87. The second-order valence-corrected chi connectivity index (χ2v) is 5.92. The number of anilines is 1. The molecule has 2 aromatic rings. The lowest BCUT2D eigenvalue weighted by atomic mass is 10.1. The normalized spacial score (nSPS) is 10.9. The minimum atomic E-state index is -0.523. The van der Waals surface area contributed by atoms with Gasteiger partial charge in [0, 0.05) is 10.5 Å². The van der Waals surface area contributed by atoms with Gasteiger partial charge in [-0.15, -0.1) is 0 Å².